The quantitative estimate of drug-likeness (QED) is 0.626. The van der Waals surface area contributed by atoms with E-state index in [-0.39, 0.29) is 5.56 Å². The van der Waals surface area contributed by atoms with E-state index in [0.29, 0.717) is 24.7 Å². The maximum absolute atomic E-state index is 11.0. The molecular formula is C19H20BrNO4. The van der Waals surface area contributed by atoms with Crippen molar-refractivity contribution in [1.29, 1.82) is 0 Å². The topological polar surface area (TPSA) is 67.8 Å². The van der Waals surface area contributed by atoms with Crippen LogP contribution in [0.3, 0.4) is 0 Å². The lowest BCUT2D eigenvalue weighted by Crippen LogP contribution is -2.04. The van der Waals surface area contributed by atoms with Gasteiger partial charge in [0.15, 0.2) is 11.5 Å². The third-order valence-corrected chi connectivity index (χ3v) is 4.18. The SMILES string of the molecule is C=CCOc1c(Br)cc(CNc2ccc(C(=O)O)cc2C)cc1OC. The van der Waals surface area contributed by atoms with Crippen molar-refractivity contribution in [2.75, 3.05) is 19.0 Å². The summed E-state index contributed by atoms with van der Waals surface area (Å²) >= 11 is 3.50. The minimum atomic E-state index is -0.932. The molecule has 0 aliphatic carbocycles. The van der Waals surface area contributed by atoms with Crippen LogP contribution in [0.4, 0.5) is 5.69 Å². The fraction of sp³-hybridized carbons (Fsp3) is 0.211. The van der Waals surface area contributed by atoms with Crippen molar-refractivity contribution in [3.8, 4) is 11.5 Å². The molecule has 0 spiro atoms. The van der Waals surface area contributed by atoms with Crippen LogP contribution in [0.2, 0.25) is 0 Å². The molecule has 2 aromatic rings. The molecule has 6 heteroatoms. The number of anilines is 1. The van der Waals surface area contributed by atoms with Crippen molar-refractivity contribution >= 4 is 27.6 Å². The van der Waals surface area contributed by atoms with Gasteiger partial charge in [0.1, 0.15) is 6.61 Å². The van der Waals surface area contributed by atoms with Crippen LogP contribution in [-0.2, 0) is 6.54 Å². The molecule has 132 valence electrons. The fourth-order valence-corrected chi connectivity index (χ4v) is 2.95. The Bertz CT molecular complexity index is 789. The Hall–Kier alpha value is -2.47. The summed E-state index contributed by atoms with van der Waals surface area (Å²) in [5.74, 6) is 0.331. The first-order valence-electron chi connectivity index (χ1n) is 7.64. The largest absolute Gasteiger partial charge is 0.493 e. The van der Waals surface area contributed by atoms with Crippen molar-refractivity contribution in [2.24, 2.45) is 0 Å². The molecule has 5 nitrogen and oxygen atoms in total. The number of aromatic carboxylic acids is 1. The van der Waals surface area contributed by atoms with Gasteiger partial charge in [-0.25, -0.2) is 4.79 Å². The van der Waals surface area contributed by atoms with Gasteiger partial charge in [-0.3, -0.25) is 0 Å². The smallest absolute Gasteiger partial charge is 0.335 e. The molecule has 0 amide bonds. The zero-order chi connectivity index (χ0) is 18.4. The zero-order valence-corrected chi connectivity index (χ0v) is 15.7. The van der Waals surface area contributed by atoms with Crippen molar-refractivity contribution in [2.45, 2.75) is 13.5 Å². The molecule has 0 fully saturated rings. The molecule has 2 N–H and O–H groups in total. The van der Waals surface area contributed by atoms with E-state index >= 15 is 0 Å². The van der Waals surface area contributed by atoms with Gasteiger partial charge in [0.05, 0.1) is 17.1 Å². The molecule has 0 heterocycles. The maximum atomic E-state index is 11.0. The molecule has 0 aromatic heterocycles. The van der Waals surface area contributed by atoms with E-state index in [1.54, 1.807) is 31.4 Å². The second-order valence-electron chi connectivity index (χ2n) is 5.40. The Kier molecular flexibility index (Phi) is 6.47. The van der Waals surface area contributed by atoms with Crippen molar-refractivity contribution in [1.82, 2.24) is 0 Å². The van der Waals surface area contributed by atoms with Crippen molar-refractivity contribution < 1.29 is 19.4 Å². The van der Waals surface area contributed by atoms with Gasteiger partial charge >= 0.3 is 5.97 Å². The zero-order valence-electron chi connectivity index (χ0n) is 14.1. The molecule has 0 radical (unpaired) electrons. The molecule has 0 saturated carbocycles. The Morgan fingerprint density at radius 2 is 2.12 bits per heavy atom. The minimum absolute atomic E-state index is 0.274. The number of methoxy groups -OCH3 is 1. The number of benzene rings is 2. The predicted octanol–water partition coefficient (Wildman–Crippen LogP) is 4.64. The summed E-state index contributed by atoms with van der Waals surface area (Å²) in [5, 5.41) is 12.3. The summed E-state index contributed by atoms with van der Waals surface area (Å²) < 4.78 is 11.8. The number of aryl methyl sites for hydroxylation is 1. The molecule has 0 atom stereocenters. The third kappa shape index (κ3) is 4.76. The van der Waals surface area contributed by atoms with E-state index in [2.05, 4.69) is 27.8 Å². The van der Waals surface area contributed by atoms with Crippen LogP contribution in [0.15, 0.2) is 47.5 Å². The lowest BCUT2D eigenvalue weighted by Gasteiger charge is -2.15. The molecule has 2 aromatic carbocycles. The average molecular weight is 406 g/mol. The number of carboxylic acid groups (broad SMARTS) is 1. The van der Waals surface area contributed by atoms with Crippen LogP contribution in [0.5, 0.6) is 11.5 Å². The number of nitrogens with one attached hydrogen (secondary N) is 1. The third-order valence-electron chi connectivity index (χ3n) is 3.59. The monoisotopic (exact) mass is 405 g/mol. The molecule has 0 saturated heterocycles. The second kappa shape index (κ2) is 8.58. The van der Waals surface area contributed by atoms with Gasteiger partial charge in [-0.15, -0.1) is 0 Å². The number of hydrogen-bond acceptors (Lipinski definition) is 4. The van der Waals surface area contributed by atoms with Gasteiger partial charge in [-0.05, 0) is 64.3 Å². The number of hydrogen-bond donors (Lipinski definition) is 2. The Balaban J connectivity index is 2.16. The van der Waals surface area contributed by atoms with E-state index in [1.165, 1.54) is 0 Å². The van der Waals surface area contributed by atoms with Crippen molar-refractivity contribution in [3.05, 3.63) is 64.1 Å². The number of rotatable bonds is 8. The highest BCUT2D eigenvalue weighted by molar-refractivity contribution is 9.10. The van der Waals surface area contributed by atoms with Gasteiger partial charge in [-0.1, -0.05) is 12.7 Å². The molecule has 0 aliphatic heterocycles. The van der Waals surface area contributed by atoms with Crippen LogP contribution in [0.25, 0.3) is 0 Å². The summed E-state index contributed by atoms with van der Waals surface area (Å²) in [4.78, 5) is 11.0. The molecule has 0 bridgehead atoms. The number of ether oxygens (including phenoxy) is 2. The summed E-state index contributed by atoms with van der Waals surface area (Å²) in [5.41, 5.74) is 3.02. The summed E-state index contributed by atoms with van der Waals surface area (Å²) in [7, 11) is 1.59. The maximum Gasteiger partial charge on any atom is 0.335 e. The van der Waals surface area contributed by atoms with Crippen LogP contribution >= 0.6 is 15.9 Å². The van der Waals surface area contributed by atoms with E-state index < -0.39 is 5.97 Å². The first-order valence-corrected chi connectivity index (χ1v) is 8.43. The predicted molar refractivity (Wildman–Crippen MR) is 102 cm³/mol. The number of carbonyl (C=O) groups is 1. The van der Waals surface area contributed by atoms with E-state index in [9.17, 15) is 4.79 Å². The molecule has 0 unspecified atom stereocenters. The first-order chi connectivity index (χ1) is 12.0. The normalized spacial score (nSPS) is 10.2. The highest BCUT2D eigenvalue weighted by Gasteiger charge is 2.12. The summed E-state index contributed by atoms with van der Waals surface area (Å²) in [6.07, 6.45) is 1.67. The first kappa shape index (κ1) is 18.9. The molecular weight excluding hydrogens is 386 g/mol. The fourth-order valence-electron chi connectivity index (χ4n) is 2.35. The number of halogens is 1. The Morgan fingerprint density at radius 3 is 2.72 bits per heavy atom. The average Bonchev–Trinajstić information content (AvgIpc) is 2.59. The Labute approximate surface area is 155 Å². The van der Waals surface area contributed by atoms with Gasteiger partial charge in [0.2, 0.25) is 0 Å². The summed E-state index contributed by atoms with van der Waals surface area (Å²) in [6.45, 7) is 6.46. The highest BCUT2D eigenvalue weighted by atomic mass is 79.9. The lowest BCUT2D eigenvalue weighted by molar-refractivity contribution is 0.0697. The second-order valence-corrected chi connectivity index (χ2v) is 6.25. The van der Waals surface area contributed by atoms with E-state index in [0.717, 1.165) is 21.3 Å². The molecule has 2 rings (SSSR count). The molecule has 25 heavy (non-hydrogen) atoms. The van der Waals surface area contributed by atoms with Crippen molar-refractivity contribution in [3.63, 3.8) is 0 Å². The highest BCUT2D eigenvalue weighted by Crippen LogP contribution is 2.37. The Morgan fingerprint density at radius 1 is 1.36 bits per heavy atom. The lowest BCUT2D eigenvalue weighted by atomic mass is 10.1. The van der Waals surface area contributed by atoms with E-state index in [1.807, 2.05) is 19.1 Å². The van der Waals surface area contributed by atoms with Crippen LogP contribution in [-0.4, -0.2) is 24.8 Å². The van der Waals surface area contributed by atoms with Gasteiger partial charge < -0.3 is 19.9 Å². The standard InChI is InChI=1S/C19H20BrNO4/c1-4-7-25-18-15(20)9-13(10-17(18)24-3)11-21-16-6-5-14(19(22)23)8-12(16)2/h4-6,8-10,21H,1,7,11H2,2-3H3,(H,22,23). The summed E-state index contributed by atoms with van der Waals surface area (Å²) in [6, 6.07) is 8.85. The van der Waals surface area contributed by atoms with E-state index in [4.69, 9.17) is 14.6 Å². The number of carboxylic acids is 1. The van der Waals surface area contributed by atoms with Gasteiger partial charge in [-0.2, -0.15) is 0 Å². The van der Waals surface area contributed by atoms with Crippen LogP contribution < -0.4 is 14.8 Å². The van der Waals surface area contributed by atoms with Gasteiger partial charge in [0.25, 0.3) is 0 Å². The van der Waals surface area contributed by atoms with Crippen LogP contribution in [0.1, 0.15) is 21.5 Å². The van der Waals surface area contributed by atoms with Gasteiger partial charge in [0, 0.05) is 12.2 Å². The molecule has 0 aliphatic rings. The van der Waals surface area contributed by atoms with Crippen LogP contribution in [0, 0.1) is 6.92 Å². The minimum Gasteiger partial charge on any atom is -0.493 e.